The SMILES string of the molecule is O=C1NC(=S)N(c2cccc(Cl)c2)C(=O)/C1=C/c1ccc(I)cc1. The van der Waals surface area contributed by atoms with Crippen molar-refractivity contribution < 1.29 is 9.59 Å². The molecule has 2 aromatic carbocycles. The zero-order chi connectivity index (χ0) is 17.3. The zero-order valence-electron chi connectivity index (χ0n) is 12.1. The standard InChI is InChI=1S/C17H10ClIN2O2S/c18-11-2-1-3-13(9-11)21-16(23)14(15(22)20-17(21)24)8-10-4-6-12(19)7-5-10/h1-9H,(H,20,22,24)/b14-8+. The maximum Gasteiger partial charge on any atom is 0.270 e. The Hall–Kier alpha value is -1.77. The number of hydrogen-bond donors (Lipinski definition) is 1. The molecule has 120 valence electrons. The molecule has 1 saturated heterocycles. The van der Waals surface area contributed by atoms with E-state index in [-0.39, 0.29) is 10.7 Å². The van der Waals surface area contributed by atoms with E-state index in [0.717, 1.165) is 9.13 Å². The Balaban J connectivity index is 2.01. The minimum Gasteiger partial charge on any atom is -0.298 e. The molecule has 24 heavy (non-hydrogen) atoms. The summed E-state index contributed by atoms with van der Waals surface area (Å²) >= 11 is 13.3. The van der Waals surface area contributed by atoms with E-state index in [1.54, 1.807) is 30.3 Å². The first-order valence-electron chi connectivity index (χ1n) is 6.88. The van der Waals surface area contributed by atoms with E-state index in [1.807, 2.05) is 24.3 Å². The van der Waals surface area contributed by atoms with Gasteiger partial charge in [-0.3, -0.25) is 19.8 Å². The van der Waals surface area contributed by atoms with Gasteiger partial charge in [-0.1, -0.05) is 29.8 Å². The number of thiocarbonyl (C=S) groups is 1. The van der Waals surface area contributed by atoms with Gasteiger partial charge in [0.2, 0.25) is 0 Å². The third-order valence-corrected chi connectivity index (χ3v) is 4.59. The summed E-state index contributed by atoms with van der Waals surface area (Å²) < 4.78 is 1.07. The predicted octanol–water partition coefficient (Wildman–Crippen LogP) is 3.78. The lowest BCUT2D eigenvalue weighted by Gasteiger charge is -2.29. The Bertz CT molecular complexity index is 880. The molecule has 0 spiro atoms. The fraction of sp³-hybridized carbons (Fsp3) is 0. The summed E-state index contributed by atoms with van der Waals surface area (Å²) in [6.45, 7) is 0. The number of hydrogen-bond acceptors (Lipinski definition) is 3. The minimum atomic E-state index is -0.512. The van der Waals surface area contributed by atoms with Gasteiger partial charge in [0.25, 0.3) is 11.8 Å². The second-order valence-electron chi connectivity index (χ2n) is 4.99. The molecule has 4 nitrogen and oxygen atoms in total. The largest absolute Gasteiger partial charge is 0.298 e. The van der Waals surface area contributed by atoms with Crippen LogP contribution in [0.15, 0.2) is 54.1 Å². The van der Waals surface area contributed by atoms with Crippen LogP contribution >= 0.6 is 46.4 Å². The van der Waals surface area contributed by atoms with Crippen LogP contribution in [0.4, 0.5) is 5.69 Å². The van der Waals surface area contributed by atoms with E-state index >= 15 is 0 Å². The van der Waals surface area contributed by atoms with Gasteiger partial charge in [-0.2, -0.15) is 0 Å². The number of carbonyl (C=O) groups excluding carboxylic acids is 2. The molecule has 1 fully saturated rings. The average molecular weight is 469 g/mol. The zero-order valence-corrected chi connectivity index (χ0v) is 15.9. The van der Waals surface area contributed by atoms with E-state index in [4.69, 9.17) is 23.8 Å². The van der Waals surface area contributed by atoms with Crippen molar-refractivity contribution in [3.8, 4) is 0 Å². The fourth-order valence-corrected chi connectivity index (χ4v) is 3.06. The average Bonchev–Trinajstić information content (AvgIpc) is 2.53. The number of benzene rings is 2. The van der Waals surface area contributed by atoms with E-state index < -0.39 is 11.8 Å². The topological polar surface area (TPSA) is 49.4 Å². The van der Waals surface area contributed by atoms with Crippen molar-refractivity contribution in [1.82, 2.24) is 5.32 Å². The van der Waals surface area contributed by atoms with Crippen molar-refractivity contribution >= 4 is 75.1 Å². The summed E-state index contributed by atoms with van der Waals surface area (Å²) in [5.41, 5.74) is 1.28. The summed E-state index contributed by atoms with van der Waals surface area (Å²) in [5.74, 6) is -0.994. The van der Waals surface area contributed by atoms with Crippen molar-refractivity contribution in [2.45, 2.75) is 0 Å². The van der Waals surface area contributed by atoms with Gasteiger partial charge in [0.1, 0.15) is 5.57 Å². The summed E-state index contributed by atoms with van der Waals surface area (Å²) in [4.78, 5) is 26.2. The molecule has 1 aliphatic rings. The molecule has 3 rings (SSSR count). The van der Waals surface area contributed by atoms with Gasteiger partial charge in [-0.15, -0.1) is 0 Å². The fourth-order valence-electron chi connectivity index (χ4n) is 2.23. The van der Waals surface area contributed by atoms with E-state index in [2.05, 4.69) is 27.9 Å². The highest BCUT2D eigenvalue weighted by atomic mass is 127. The second-order valence-corrected chi connectivity index (χ2v) is 7.06. The van der Waals surface area contributed by atoms with Gasteiger partial charge in [0.15, 0.2) is 5.11 Å². The summed E-state index contributed by atoms with van der Waals surface area (Å²) in [5, 5.41) is 3.05. The molecule has 1 heterocycles. The van der Waals surface area contributed by atoms with Crippen molar-refractivity contribution in [3.05, 3.63) is 68.3 Å². The molecular formula is C17H10ClIN2O2S. The third kappa shape index (κ3) is 3.50. The van der Waals surface area contributed by atoms with Crippen LogP contribution in [-0.4, -0.2) is 16.9 Å². The molecule has 2 amide bonds. The van der Waals surface area contributed by atoms with Gasteiger partial charge >= 0.3 is 0 Å². The first kappa shape index (κ1) is 17.1. The van der Waals surface area contributed by atoms with Crippen LogP contribution in [0.5, 0.6) is 0 Å². The number of rotatable bonds is 2. The van der Waals surface area contributed by atoms with E-state index in [0.29, 0.717) is 10.7 Å². The second kappa shape index (κ2) is 7.00. The maximum absolute atomic E-state index is 12.8. The molecule has 0 aromatic heterocycles. The lowest BCUT2D eigenvalue weighted by molar-refractivity contribution is -0.122. The number of anilines is 1. The van der Waals surface area contributed by atoms with Crippen LogP contribution < -0.4 is 10.2 Å². The minimum absolute atomic E-state index is 0.0183. The van der Waals surface area contributed by atoms with Crippen molar-refractivity contribution in [2.75, 3.05) is 4.90 Å². The molecule has 7 heteroatoms. The maximum atomic E-state index is 12.8. The molecule has 0 aliphatic carbocycles. The van der Waals surface area contributed by atoms with Crippen LogP contribution in [-0.2, 0) is 9.59 Å². The predicted molar refractivity (Wildman–Crippen MR) is 107 cm³/mol. The van der Waals surface area contributed by atoms with Gasteiger partial charge < -0.3 is 0 Å². The Kier molecular flexibility index (Phi) is 4.98. The lowest BCUT2D eigenvalue weighted by Crippen LogP contribution is -2.54. The van der Waals surface area contributed by atoms with Crippen LogP contribution in [0.2, 0.25) is 5.02 Å². The van der Waals surface area contributed by atoms with Crippen LogP contribution in [0.3, 0.4) is 0 Å². The summed E-state index contributed by atoms with van der Waals surface area (Å²) in [7, 11) is 0. The Morgan fingerprint density at radius 2 is 1.83 bits per heavy atom. The van der Waals surface area contributed by atoms with Gasteiger partial charge in [0, 0.05) is 8.59 Å². The molecule has 1 N–H and O–H groups in total. The number of carbonyl (C=O) groups is 2. The monoisotopic (exact) mass is 468 g/mol. The van der Waals surface area contributed by atoms with E-state index in [9.17, 15) is 9.59 Å². The normalized spacial score (nSPS) is 16.5. The third-order valence-electron chi connectivity index (χ3n) is 3.35. The first-order chi connectivity index (χ1) is 11.5. The van der Waals surface area contributed by atoms with Crippen molar-refractivity contribution in [3.63, 3.8) is 0 Å². The molecule has 2 aromatic rings. The van der Waals surface area contributed by atoms with Crippen molar-refractivity contribution in [2.24, 2.45) is 0 Å². The number of nitrogens with one attached hydrogen (secondary N) is 1. The number of halogens is 2. The van der Waals surface area contributed by atoms with Gasteiger partial charge in [-0.05, 0) is 76.8 Å². The Labute approximate surface area is 162 Å². The summed E-state index contributed by atoms with van der Waals surface area (Å²) in [6.07, 6.45) is 1.55. The van der Waals surface area contributed by atoms with Crippen molar-refractivity contribution in [1.29, 1.82) is 0 Å². The smallest absolute Gasteiger partial charge is 0.270 e. The number of nitrogens with zero attached hydrogens (tertiary/aromatic N) is 1. The van der Waals surface area contributed by atoms with E-state index in [1.165, 1.54) is 4.90 Å². The van der Waals surface area contributed by atoms with Crippen LogP contribution in [0, 0.1) is 3.57 Å². The van der Waals surface area contributed by atoms with Gasteiger partial charge in [0.05, 0.1) is 5.69 Å². The van der Waals surface area contributed by atoms with Crippen LogP contribution in [0.25, 0.3) is 6.08 Å². The molecular weight excluding hydrogens is 459 g/mol. The quantitative estimate of drug-likeness (QED) is 0.316. The number of amides is 2. The summed E-state index contributed by atoms with van der Waals surface area (Å²) in [6, 6.07) is 14.2. The highest BCUT2D eigenvalue weighted by Crippen LogP contribution is 2.24. The Morgan fingerprint density at radius 3 is 2.50 bits per heavy atom. The molecule has 0 unspecified atom stereocenters. The highest BCUT2D eigenvalue weighted by Gasteiger charge is 2.34. The molecule has 0 atom stereocenters. The highest BCUT2D eigenvalue weighted by molar-refractivity contribution is 14.1. The lowest BCUT2D eigenvalue weighted by atomic mass is 10.1. The van der Waals surface area contributed by atoms with Gasteiger partial charge in [-0.25, -0.2) is 0 Å². The molecule has 1 aliphatic heterocycles. The molecule has 0 saturated carbocycles. The van der Waals surface area contributed by atoms with Crippen LogP contribution in [0.1, 0.15) is 5.56 Å². The Morgan fingerprint density at radius 1 is 1.12 bits per heavy atom. The molecule has 0 radical (unpaired) electrons. The first-order valence-corrected chi connectivity index (χ1v) is 8.75. The molecule has 0 bridgehead atoms.